The lowest BCUT2D eigenvalue weighted by molar-refractivity contribution is -0.149. The van der Waals surface area contributed by atoms with Crippen molar-refractivity contribution < 1.29 is 14.0 Å². The molecule has 0 spiro atoms. The second kappa shape index (κ2) is 5.38. The number of carbonyl (C=O) groups is 2. The van der Waals surface area contributed by atoms with Crippen LogP contribution in [0.2, 0.25) is 0 Å². The fourth-order valence-corrected chi connectivity index (χ4v) is 2.19. The van der Waals surface area contributed by atoms with Crippen LogP contribution < -0.4 is 5.32 Å². The molecule has 1 heterocycles. The van der Waals surface area contributed by atoms with Gasteiger partial charge in [0.15, 0.2) is 0 Å². The number of nitrogens with one attached hydrogen (secondary N) is 1. The van der Waals surface area contributed by atoms with Gasteiger partial charge in [0.2, 0.25) is 11.8 Å². The number of rotatable bonds is 3. The Morgan fingerprint density at radius 2 is 2.00 bits per heavy atom. The van der Waals surface area contributed by atoms with E-state index in [-0.39, 0.29) is 24.2 Å². The fourth-order valence-electron chi connectivity index (χ4n) is 2.19. The second-order valence-corrected chi connectivity index (χ2v) is 4.70. The monoisotopic (exact) mass is 264 g/mol. The van der Waals surface area contributed by atoms with Crippen LogP contribution in [0.4, 0.5) is 4.39 Å². The Hall–Kier alpha value is -1.91. The topological polar surface area (TPSA) is 49.4 Å². The first-order valence-corrected chi connectivity index (χ1v) is 6.38. The van der Waals surface area contributed by atoms with Crippen molar-refractivity contribution in [1.29, 1.82) is 0 Å². The predicted octanol–water partition coefficient (Wildman–Crippen LogP) is 1.45. The highest BCUT2D eigenvalue weighted by atomic mass is 19.1. The SMILES string of the molecule is CCC1NC(=O)C(C)N(Cc2ccccc2F)C1=O. The van der Waals surface area contributed by atoms with Crippen LogP contribution in [0.15, 0.2) is 24.3 Å². The third-order valence-electron chi connectivity index (χ3n) is 3.45. The Kier molecular flexibility index (Phi) is 3.83. The van der Waals surface area contributed by atoms with Crippen molar-refractivity contribution in [1.82, 2.24) is 10.2 Å². The van der Waals surface area contributed by atoms with Crippen molar-refractivity contribution in [3.05, 3.63) is 35.6 Å². The van der Waals surface area contributed by atoms with Crippen molar-refractivity contribution >= 4 is 11.8 Å². The average molecular weight is 264 g/mol. The third kappa shape index (κ3) is 2.59. The van der Waals surface area contributed by atoms with E-state index in [0.29, 0.717) is 12.0 Å². The normalized spacial score (nSPS) is 23.4. The minimum absolute atomic E-state index is 0.122. The van der Waals surface area contributed by atoms with E-state index < -0.39 is 12.1 Å². The Balaban J connectivity index is 2.24. The molecule has 0 saturated carbocycles. The molecular weight excluding hydrogens is 247 g/mol. The van der Waals surface area contributed by atoms with Crippen molar-refractivity contribution in [2.45, 2.75) is 38.9 Å². The molecule has 1 aliphatic heterocycles. The maximum atomic E-state index is 13.6. The summed E-state index contributed by atoms with van der Waals surface area (Å²) in [6.45, 7) is 3.61. The Morgan fingerprint density at radius 1 is 1.32 bits per heavy atom. The lowest BCUT2D eigenvalue weighted by Gasteiger charge is -2.37. The van der Waals surface area contributed by atoms with Gasteiger partial charge in [-0.2, -0.15) is 0 Å². The Labute approximate surface area is 111 Å². The minimum atomic E-state index is -0.574. The van der Waals surface area contributed by atoms with Crippen LogP contribution >= 0.6 is 0 Å². The molecule has 1 aromatic carbocycles. The molecule has 2 amide bonds. The summed E-state index contributed by atoms with van der Waals surface area (Å²) >= 11 is 0. The summed E-state index contributed by atoms with van der Waals surface area (Å²) in [5.41, 5.74) is 0.423. The van der Waals surface area contributed by atoms with Gasteiger partial charge in [0.1, 0.15) is 17.9 Å². The van der Waals surface area contributed by atoms with Crippen molar-refractivity contribution in [2.24, 2.45) is 0 Å². The molecule has 0 bridgehead atoms. The van der Waals surface area contributed by atoms with Crippen LogP contribution in [0.1, 0.15) is 25.8 Å². The molecule has 1 aromatic rings. The fraction of sp³-hybridized carbons (Fsp3) is 0.429. The third-order valence-corrected chi connectivity index (χ3v) is 3.45. The van der Waals surface area contributed by atoms with Gasteiger partial charge in [0, 0.05) is 12.1 Å². The molecule has 19 heavy (non-hydrogen) atoms. The number of benzene rings is 1. The molecule has 4 nitrogen and oxygen atoms in total. The summed E-state index contributed by atoms with van der Waals surface area (Å²) in [5.74, 6) is -0.706. The van der Waals surface area contributed by atoms with Crippen LogP contribution in [0.3, 0.4) is 0 Å². The van der Waals surface area contributed by atoms with Gasteiger partial charge in [0.25, 0.3) is 0 Å². The van der Waals surface area contributed by atoms with Gasteiger partial charge in [-0.3, -0.25) is 9.59 Å². The van der Waals surface area contributed by atoms with Crippen LogP contribution in [0.5, 0.6) is 0 Å². The average Bonchev–Trinajstić information content (AvgIpc) is 2.41. The van der Waals surface area contributed by atoms with Crippen LogP contribution in [0, 0.1) is 5.82 Å². The van der Waals surface area contributed by atoms with E-state index in [4.69, 9.17) is 0 Å². The molecule has 0 aromatic heterocycles. The highest BCUT2D eigenvalue weighted by Crippen LogP contribution is 2.17. The zero-order chi connectivity index (χ0) is 14.0. The minimum Gasteiger partial charge on any atom is -0.343 e. The lowest BCUT2D eigenvalue weighted by Crippen LogP contribution is -2.61. The van der Waals surface area contributed by atoms with Gasteiger partial charge in [-0.25, -0.2) is 4.39 Å². The zero-order valence-corrected chi connectivity index (χ0v) is 11.0. The second-order valence-electron chi connectivity index (χ2n) is 4.70. The molecule has 5 heteroatoms. The summed E-state index contributed by atoms with van der Waals surface area (Å²) in [7, 11) is 0. The van der Waals surface area contributed by atoms with Gasteiger partial charge in [-0.15, -0.1) is 0 Å². The predicted molar refractivity (Wildman–Crippen MR) is 68.6 cm³/mol. The number of piperazine rings is 1. The number of hydrogen-bond acceptors (Lipinski definition) is 2. The molecule has 1 fully saturated rings. The molecule has 1 aliphatic rings. The number of hydrogen-bond donors (Lipinski definition) is 1. The quantitative estimate of drug-likeness (QED) is 0.898. The maximum absolute atomic E-state index is 13.6. The van der Waals surface area contributed by atoms with E-state index in [1.807, 2.05) is 6.92 Å². The van der Waals surface area contributed by atoms with E-state index in [0.717, 1.165) is 0 Å². The molecular formula is C14H17FN2O2. The maximum Gasteiger partial charge on any atom is 0.246 e. The Bertz CT molecular complexity index is 504. The van der Waals surface area contributed by atoms with Crippen molar-refractivity contribution in [3.8, 4) is 0 Å². The Morgan fingerprint density at radius 3 is 2.63 bits per heavy atom. The first-order chi connectivity index (χ1) is 9.04. The van der Waals surface area contributed by atoms with E-state index in [9.17, 15) is 14.0 Å². The van der Waals surface area contributed by atoms with E-state index in [1.165, 1.54) is 11.0 Å². The van der Waals surface area contributed by atoms with Gasteiger partial charge in [0.05, 0.1) is 0 Å². The van der Waals surface area contributed by atoms with E-state index in [2.05, 4.69) is 5.32 Å². The van der Waals surface area contributed by atoms with Crippen molar-refractivity contribution in [3.63, 3.8) is 0 Å². The van der Waals surface area contributed by atoms with Crippen molar-refractivity contribution in [2.75, 3.05) is 0 Å². The standard InChI is InChI=1S/C14H17FN2O2/c1-3-12-14(19)17(9(2)13(18)16-12)8-10-6-4-5-7-11(10)15/h4-7,9,12H,3,8H2,1-2H3,(H,16,18). The van der Waals surface area contributed by atoms with Crippen LogP contribution in [-0.2, 0) is 16.1 Å². The molecule has 0 radical (unpaired) electrons. The molecule has 1 N–H and O–H groups in total. The van der Waals surface area contributed by atoms with Crippen LogP contribution in [-0.4, -0.2) is 28.8 Å². The molecule has 1 saturated heterocycles. The molecule has 102 valence electrons. The molecule has 0 aliphatic carbocycles. The van der Waals surface area contributed by atoms with Crippen LogP contribution in [0.25, 0.3) is 0 Å². The lowest BCUT2D eigenvalue weighted by atomic mass is 10.0. The number of amides is 2. The van der Waals surface area contributed by atoms with E-state index >= 15 is 0 Å². The summed E-state index contributed by atoms with van der Waals surface area (Å²) in [5, 5.41) is 2.67. The summed E-state index contributed by atoms with van der Waals surface area (Å²) in [6, 6.07) is 5.22. The number of carbonyl (C=O) groups excluding carboxylic acids is 2. The number of nitrogens with zero attached hydrogens (tertiary/aromatic N) is 1. The van der Waals surface area contributed by atoms with Gasteiger partial charge in [-0.05, 0) is 19.4 Å². The summed E-state index contributed by atoms with van der Waals surface area (Å²) in [4.78, 5) is 25.4. The largest absolute Gasteiger partial charge is 0.343 e. The summed E-state index contributed by atoms with van der Waals surface area (Å²) < 4.78 is 13.6. The highest BCUT2D eigenvalue weighted by Gasteiger charge is 2.37. The first-order valence-electron chi connectivity index (χ1n) is 6.38. The van der Waals surface area contributed by atoms with Gasteiger partial charge >= 0.3 is 0 Å². The zero-order valence-electron chi connectivity index (χ0n) is 11.0. The number of halogens is 1. The molecule has 2 unspecified atom stereocenters. The van der Waals surface area contributed by atoms with Gasteiger partial charge < -0.3 is 10.2 Å². The molecule has 2 rings (SSSR count). The first kappa shape index (κ1) is 13.5. The smallest absolute Gasteiger partial charge is 0.246 e. The van der Waals surface area contributed by atoms with E-state index in [1.54, 1.807) is 25.1 Å². The van der Waals surface area contributed by atoms with Gasteiger partial charge in [-0.1, -0.05) is 25.1 Å². The molecule has 2 atom stereocenters. The highest BCUT2D eigenvalue weighted by molar-refractivity contribution is 5.96. The summed E-state index contributed by atoms with van der Waals surface area (Å²) in [6.07, 6.45) is 0.533.